The van der Waals surface area contributed by atoms with Gasteiger partial charge in [0.15, 0.2) is 20.8 Å². The summed E-state index contributed by atoms with van der Waals surface area (Å²) in [7, 11) is -10.4. The van der Waals surface area contributed by atoms with Gasteiger partial charge in [0.1, 0.15) is 0 Å². The van der Waals surface area contributed by atoms with E-state index < -0.39 is 20.8 Å². The number of unbranched alkanes of at least 4 members (excludes halogenated alkanes) is 14. The summed E-state index contributed by atoms with van der Waals surface area (Å²) in [5.41, 5.74) is -2.89. The molecule has 0 aliphatic heterocycles. The van der Waals surface area contributed by atoms with E-state index in [1.165, 1.54) is 70.6 Å². The molecule has 0 spiro atoms. The Balaban J connectivity index is -0.00000338. The van der Waals surface area contributed by atoms with Crippen molar-refractivity contribution >= 4 is 15.2 Å². The average molecular weight is 474 g/mol. The molecule has 3 atom stereocenters. The number of aliphatic hydroxyl groups excluding tert-OH is 1. The van der Waals surface area contributed by atoms with Crippen LogP contribution in [0.1, 0.15) is 103 Å². The van der Waals surface area contributed by atoms with Crippen molar-refractivity contribution in [3.63, 3.8) is 0 Å². The second-order valence-electron chi connectivity index (χ2n) is 7.23. The molecule has 0 aromatic rings. The molecule has 0 aliphatic carbocycles. The molecule has 164 valence electrons. The monoisotopic (exact) mass is 474 g/mol. The Hall–Kier alpha value is 2.26. The normalized spacial score (nSPS) is 16.2. The summed E-state index contributed by atoms with van der Waals surface area (Å²) in [6.07, 6.45) is 17.7. The Morgan fingerprint density at radius 3 is 1.34 bits per heavy atom. The number of aliphatic hydroxyl groups is 1. The van der Waals surface area contributed by atoms with E-state index in [-0.39, 0.29) is 65.7 Å². The van der Waals surface area contributed by atoms with Crippen LogP contribution in [0.5, 0.6) is 0 Å². The van der Waals surface area contributed by atoms with E-state index in [4.69, 9.17) is 10.00 Å². The second kappa shape index (κ2) is 22.1. The van der Waals surface area contributed by atoms with Crippen molar-refractivity contribution < 1.29 is 92.6 Å². The van der Waals surface area contributed by atoms with Crippen LogP contribution in [0.3, 0.4) is 0 Å². The Morgan fingerprint density at radius 2 is 1.03 bits per heavy atom. The van der Waals surface area contributed by atoms with Gasteiger partial charge in [0.05, 0.1) is 6.61 Å². The number of rotatable bonds is 19. The van der Waals surface area contributed by atoms with Crippen LogP contribution in [-0.4, -0.2) is 22.2 Å². The van der Waals surface area contributed by atoms with Crippen LogP contribution in [0.4, 0.5) is 0 Å². The minimum Gasteiger partial charge on any atom is -0.776 e. The summed E-state index contributed by atoms with van der Waals surface area (Å²) in [5.74, 6) is 0. The summed E-state index contributed by atoms with van der Waals surface area (Å²) in [6, 6.07) is 0. The predicted molar refractivity (Wildman–Crippen MR) is 104 cm³/mol. The van der Waals surface area contributed by atoms with E-state index in [1.807, 2.05) is 0 Å². The first-order valence-corrected chi connectivity index (χ1v) is 13.6. The van der Waals surface area contributed by atoms with Crippen molar-refractivity contribution in [2.45, 2.75) is 109 Å². The molecule has 0 amide bonds. The zero-order valence-electron chi connectivity index (χ0n) is 18.7. The van der Waals surface area contributed by atoms with E-state index in [1.54, 1.807) is 0 Å². The van der Waals surface area contributed by atoms with Crippen molar-refractivity contribution in [3.05, 3.63) is 0 Å². The van der Waals surface area contributed by atoms with Gasteiger partial charge in [0.25, 0.3) is 0 Å². The average Bonchev–Trinajstić information content (AvgIpc) is 2.60. The maximum atomic E-state index is 11.3. The molecule has 7 nitrogen and oxygen atoms in total. The van der Waals surface area contributed by atoms with Crippen molar-refractivity contribution in [3.8, 4) is 0 Å². The summed E-state index contributed by atoms with van der Waals surface area (Å²) in [4.78, 5) is 30.5. The first kappa shape index (κ1) is 35.8. The van der Waals surface area contributed by atoms with Gasteiger partial charge in [-0.3, -0.25) is 0 Å². The fourth-order valence-corrected chi connectivity index (χ4v) is 5.06. The Bertz CT molecular complexity index is 450. The van der Waals surface area contributed by atoms with Gasteiger partial charge in [0, 0.05) is 0 Å². The molecule has 11 heteroatoms. The summed E-state index contributed by atoms with van der Waals surface area (Å²) in [5, 5.41) is 9.01. The molecule has 0 heterocycles. The van der Waals surface area contributed by atoms with Gasteiger partial charge in [-0.15, -0.1) is 0 Å². The third-order valence-corrected chi connectivity index (χ3v) is 8.01. The molecule has 0 bridgehead atoms. The van der Waals surface area contributed by atoms with Gasteiger partial charge in [0.2, 0.25) is 0 Å². The van der Waals surface area contributed by atoms with Gasteiger partial charge in [-0.2, -0.15) is 0 Å². The Morgan fingerprint density at radius 1 is 0.724 bits per heavy atom. The minimum absolute atomic E-state index is 0. The zero-order valence-corrected chi connectivity index (χ0v) is 24.5. The molecule has 2 N–H and O–H groups in total. The molecule has 0 radical (unpaired) electrons. The SMILES string of the molecule is CCCCCCCCCCCCCCCCCOP(=O)([O-])C(O)P(=O)([O-])O.[Na+].[Na+]. The first-order chi connectivity index (χ1) is 12.7. The molecule has 0 saturated carbocycles. The van der Waals surface area contributed by atoms with E-state index in [9.17, 15) is 18.9 Å². The molecule has 0 fully saturated rings. The van der Waals surface area contributed by atoms with Crippen LogP contribution in [0.15, 0.2) is 0 Å². The molecule has 3 unspecified atom stereocenters. The molecule has 0 saturated heterocycles. The molecule has 29 heavy (non-hydrogen) atoms. The maximum absolute atomic E-state index is 11.3. The Kier molecular flexibility index (Phi) is 27.3. The smallest absolute Gasteiger partial charge is 0.776 e. The van der Waals surface area contributed by atoms with Gasteiger partial charge in [-0.05, 0) is 6.42 Å². The van der Waals surface area contributed by atoms with Crippen molar-refractivity contribution in [2.75, 3.05) is 6.61 Å². The molecular weight excluding hydrogens is 436 g/mol. The second-order valence-corrected chi connectivity index (χ2v) is 11.1. The van der Waals surface area contributed by atoms with E-state index in [0.29, 0.717) is 6.42 Å². The van der Waals surface area contributed by atoms with Gasteiger partial charge < -0.3 is 33.4 Å². The van der Waals surface area contributed by atoms with Gasteiger partial charge in [-0.1, -0.05) is 96.8 Å². The van der Waals surface area contributed by atoms with Crippen molar-refractivity contribution in [1.29, 1.82) is 0 Å². The largest absolute Gasteiger partial charge is 1.00 e. The number of hydrogen-bond donors (Lipinski definition) is 2. The molecule has 0 aromatic heterocycles. The predicted octanol–water partition coefficient (Wildman–Crippen LogP) is -1.74. The van der Waals surface area contributed by atoms with Crippen LogP contribution in [0.25, 0.3) is 0 Å². The van der Waals surface area contributed by atoms with Crippen LogP contribution in [0.2, 0.25) is 0 Å². The van der Waals surface area contributed by atoms with Crippen LogP contribution in [-0.2, 0) is 13.7 Å². The first-order valence-electron chi connectivity index (χ1n) is 10.4. The van der Waals surface area contributed by atoms with Crippen LogP contribution in [0, 0.1) is 0 Å². The van der Waals surface area contributed by atoms with Crippen LogP contribution >= 0.6 is 15.2 Å². The van der Waals surface area contributed by atoms with Crippen molar-refractivity contribution in [2.24, 2.45) is 0 Å². The third kappa shape index (κ3) is 21.8. The fraction of sp³-hybridized carbons (Fsp3) is 1.00. The molecule has 0 aromatic carbocycles. The summed E-state index contributed by atoms with van der Waals surface area (Å²) < 4.78 is 26.4. The zero-order chi connectivity index (χ0) is 20.6. The summed E-state index contributed by atoms with van der Waals surface area (Å²) in [6.45, 7) is 2.05. The third-order valence-electron chi connectivity index (χ3n) is 4.59. The molecule has 0 rings (SSSR count). The topological polar surface area (TPSA) is 130 Å². The summed E-state index contributed by atoms with van der Waals surface area (Å²) >= 11 is 0. The van der Waals surface area contributed by atoms with Gasteiger partial charge in [-0.25, -0.2) is 0 Å². The number of hydrogen-bond acceptors (Lipinski definition) is 6. The van der Waals surface area contributed by atoms with Gasteiger partial charge >= 0.3 is 59.1 Å². The molecular formula is C18H38Na2O7P2. The Labute approximate surface area is 221 Å². The van der Waals surface area contributed by atoms with Crippen LogP contribution < -0.4 is 68.9 Å². The fourth-order valence-electron chi connectivity index (χ4n) is 2.91. The van der Waals surface area contributed by atoms with Crippen molar-refractivity contribution in [1.82, 2.24) is 0 Å². The van der Waals surface area contributed by atoms with E-state index in [0.717, 1.165) is 19.3 Å². The standard InChI is InChI=1S/C18H40O7P2.2Na/c1-2-3-4-5-6-7-8-9-10-11-12-13-14-15-16-17-25-27(23,24)18(19)26(20,21)22;;/h18-19H,2-17H2,1H3,(H,23,24)(H2,20,21,22);;/q;2*+1/p-2. The maximum Gasteiger partial charge on any atom is 1.00 e. The van der Waals surface area contributed by atoms with E-state index >= 15 is 0 Å². The molecule has 0 aliphatic rings. The quantitative estimate of drug-likeness (QED) is 0.129. The minimum atomic E-state index is -5.36. The van der Waals surface area contributed by atoms with E-state index in [2.05, 4.69) is 11.4 Å².